The summed E-state index contributed by atoms with van der Waals surface area (Å²) in [4.78, 5) is 17.4. The van der Waals surface area contributed by atoms with Gasteiger partial charge in [0.05, 0.1) is 17.5 Å². The summed E-state index contributed by atoms with van der Waals surface area (Å²) in [6.07, 6.45) is 4.36. The molecule has 1 N–H and O–H groups in total. The quantitative estimate of drug-likeness (QED) is 0.634. The molecule has 2 aliphatic rings. The van der Waals surface area contributed by atoms with E-state index in [0.29, 0.717) is 23.1 Å². The van der Waals surface area contributed by atoms with E-state index in [1.54, 1.807) is 6.07 Å². The van der Waals surface area contributed by atoms with Gasteiger partial charge in [-0.25, -0.2) is 14.1 Å². The second kappa shape index (κ2) is 7.84. The van der Waals surface area contributed by atoms with Gasteiger partial charge in [0.15, 0.2) is 5.82 Å². The minimum absolute atomic E-state index is 0.0401. The predicted octanol–water partition coefficient (Wildman–Crippen LogP) is 4.49. The molecule has 1 atom stereocenters. The smallest absolute Gasteiger partial charge is 0.228 e. The van der Waals surface area contributed by atoms with E-state index in [-0.39, 0.29) is 23.4 Å². The number of aryl methyl sites for hydroxylation is 1. The lowest BCUT2D eigenvalue weighted by molar-refractivity contribution is -0.121. The van der Waals surface area contributed by atoms with E-state index in [2.05, 4.69) is 27.5 Å². The van der Waals surface area contributed by atoms with Crippen LogP contribution in [0.2, 0.25) is 5.02 Å². The van der Waals surface area contributed by atoms with Gasteiger partial charge in [-0.1, -0.05) is 35.9 Å². The van der Waals surface area contributed by atoms with Gasteiger partial charge in [-0.05, 0) is 60.9 Å². The predicted molar refractivity (Wildman–Crippen MR) is 113 cm³/mol. The van der Waals surface area contributed by atoms with Crippen molar-refractivity contribution in [2.24, 2.45) is 5.92 Å². The molecule has 1 fully saturated rings. The number of hydrogen-bond acceptors (Lipinski definition) is 3. The summed E-state index contributed by atoms with van der Waals surface area (Å²) in [5, 5.41) is 7.78. The van der Waals surface area contributed by atoms with E-state index >= 15 is 0 Å². The van der Waals surface area contributed by atoms with Crippen LogP contribution in [-0.2, 0) is 24.2 Å². The number of carbonyl (C=O) groups is 1. The third-order valence-corrected chi connectivity index (χ3v) is 6.15. The van der Waals surface area contributed by atoms with Gasteiger partial charge in [-0.15, -0.1) is 0 Å². The van der Waals surface area contributed by atoms with Crippen molar-refractivity contribution in [1.29, 1.82) is 0 Å². The number of amides is 1. The lowest BCUT2D eigenvalue weighted by Gasteiger charge is -2.14. The first kappa shape index (κ1) is 19.2. The second-order valence-corrected chi connectivity index (χ2v) is 8.55. The fraction of sp³-hybridized carbons (Fsp3) is 0.348. The number of nitrogens with one attached hydrogen (secondary N) is 1. The lowest BCUT2D eigenvalue weighted by atomic mass is 10.1. The molecular formula is C23H22ClFN4O. The third kappa shape index (κ3) is 3.97. The Morgan fingerprint density at radius 2 is 2.03 bits per heavy atom. The van der Waals surface area contributed by atoms with Crippen molar-refractivity contribution in [3.05, 3.63) is 70.3 Å². The number of rotatable bonds is 6. The number of benzene rings is 2. The lowest BCUT2D eigenvalue weighted by Crippen LogP contribution is -2.29. The first-order valence-electron chi connectivity index (χ1n) is 10.3. The van der Waals surface area contributed by atoms with Crippen LogP contribution in [0.1, 0.15) is 42.3 Å². The van der Waals surface area contributed by atoms with Crippen molar-refractivity contribution >= 4 is 17.5 Å². The van der Waals surface area contributed by atoms with Crippen LogP contribution in [0.5, 0.6) is 0 Å². The first-order valence-corrected chi connectivity index (χ1v) is 10.7. The Balaban J connectivity index is 1.35. The molecule has 3 aromatic rings. The number of nitrogens with zero attached hydrogens (tertiary/aromatic N) is 3. The summed E-state index contributed by atoms with van der Waals surface area (Å²) in [6, 6.07) is 12.8. The van der Waals surface area contributed by atoms with Crippen LogP contribution in [0.4, 0.5) is 4.39 Å². The highest BCUT2D eigenvalue weighted by atomic mass is 35.5. The van der Waals surface area contributed by atoms with E-state index in [0.717, 1.165) is 32.2 Å². The average Bonchev–Trinajstić information content (AvgIpc) is 3.34. The van der Waals surface area contributed by atoms with Crippen molar-refractivity contribution in [2.45, 2.75) is 44.7 Å². The highest BCUT2D eigenvalue weighted by Gasteiger charge is 2.27. The van der Waals surface area contributed by atoms with Crippen LogP contribution >= 0.6 is 11.6 Å². The molecule has 1 heterocycles. The Labute approximate surface area is 179 Å². The zero-order valence-electron chi connectivity index (χ0n) is 16.4. The molecule has 0 spiro atoms. The highest BCUT2D eigenvalue weighted by Crippen LogP contribution is 2.32. The molecular weight excluding hydrogens is 403 g/mol. The highest BCUT2D eigenvalue weighted by molar-refractivity contribution is 6.30. The molecule has 1 saturated carbocycles. The van der Waals surface area contributed by atoms with Gasteiger partial charge in [-0.3, -0.25) is 4.79 Å². The Hall–Kier alpha value is -2.73. The summed E-state index contributed by atoms with van der Waals surface area (Å²) >= 11 is 5.79. The summed E-state index contributed by atoms with van der Waals surface area (Å²) in [7, 11) is 0. The minimum atomic E-state index is -0.507. The van der Waals surface area contributed by atoms with E-state index in [1.807, 2.05) is 16.8 Å². The van der Waals surface area contributed by atoms with Crippen molar-refractivity contribution in [2.75, 3.05) is 0 Å². The fourth-order valence-corrected chi connectivity index (χ4v) is 4.17. The minimum Gasteiger partial charge on any atom is -0.349 e. The van der Waals surface area contributed by atoms with E-state index < -0.39 is 5.82 Å². The molecule has 2 aromatic carbocycles. The van der Waals surface area contributed by atoms with Crippen LogP contribution in [0.3, 0.4) is 0 Å². The number of carbonyl (C=O) groups excluding carboxylic acids is 1. The van der Waals surface area contributed by atoms with Gasteiger partial charge >= 0.3 is 0 Å². The van der Waals surface area contributed by atoms with Gasteiger partial charge in [0.2, 0.25) is 5.91 Å². The van der Waals surface area contributed by atoms with Gasteiger partial charge in [-0.2, -0.15) is 5.10 Å². The molecule has 0 aliphatic heterocycles. The SMILES string of the molecule is O=C(Cc1nc(-c2ccc(Cl)c(F)c2)nn1CC1CC1)NC1CCc2ccccc21. The molecule has 1 amide bonds. The Morgan fingerprint density at radius 1 is 1.20 bits per heavy atom. The molecule has 7 heteroatoms. The number of fused-ring (bicyclic) bond motifs is 1. The summed E-state index contributed by atoms with van der Waals surface area (Å²) in [6.45, 7) is 0.734. The molecule has 0 saturated heterocycles. The zero-order chi connectivity index (χ0) is 20.7. The van der Waals surface area contributed by atoms with Crippen molar-refractivity contribution < 1.29 is 9.18 Å². The number of halogens is 2. The topological polar surface area (TPSA) is 59.8 Å². The zero-order valence-corrected chi connectivity index (χ0v) is 17.2. The molecule has 0 bridgehead atoms. The Kier molecular flexibility index (Phi) is 5.03. The monoisotopic (exact) mass is 424 g/mol. The van der Waals surface area contributed by atoms with Crippen LogP contribution in [-0.4, -0.2) is 20.7 Å². The van der Waals surface area contributed by atoms with Crippen LogP contribution in [0.15, 0.2) is 42.5 Å². The maximum absolute atomic E-state index is 13.9. The maximum atomic E-state index is 13.9. The van der Waals surface area contributed by atoms with Gasteiger partial charge < -0.3 is 5.32 Å². The number of hydrogen-bond donors (Lipinski definition) is 1. The Morgan fingerprint density at radius 3 is 2.83 bits per heavy atom. The molecule has 2 aliphatic carbocycles. The van der Waals surface area contributed by atoms with Crippen molar-refractivity contribution in [3.8, 4) is 11.4 Å². The van der Waals surface area contributed by atoms with Gasteiger partial charge in [0.1, 0.15) is 11.6 Å². The fourth-order valence-electron chi connectivity index (χ4n) is 4.05. The molecule has 5 rings (SSSR count). The molecule has 0 radical (unpaired) electrons. The second-order valence-electron chi connectivity index (χ2n) is 8.14. The van der Waals surface area contributed by atoms with Gasteiger partial charge in [0.25, 0.3) is 0 Å². The average molecular weight is 425 g/mol. The first-order chi connectivity index (χ1) is 14.6. The molecule has 154 valence electrons. The van der Waals surface area contributed by atoms with Crippen LogP contribution in [0.25, 0.3) is 11.4 Å². The van der Waals surface area contributed by atoms with Crippen molar-refractivity contribution in [1.82, 2.24) is 20.1 Å². The molecule has 1 unspecified atom stereocenters. The van der Waals surface area contributed by atoms with Gasteiger partial charge in [0, 0.05) is 12.1 Å². The number of aromatic nitrogens is 3. The third-order valence-electron chi connectivity index (χ3n) is 5.84. The van der Waals surface area contributed by atoms with Crippen molar-refractivity contribution in [3.63, 3.8) is 0 Å². The maximum Gasteiger partial charge on any atom is 0.228 e. The Bertz CT molecular complexity index is 1110. The summed E-state index contributed by atoms with van der Waals surface area (Å²) in [5.74, 6) is 1.02. The largest absolute Gasteiger partial charge is 0.349 e. The molecule has 1 aromatic heterocycles. The van der Waals surface area contributed by atoms with E-state index in [1.165, 1.54) is 23.3 Å². The summed E-state index contributed by atoms with van der Waals surface area (Å²) in [5.41, 5.74) is 3.05. The normalized spacial score (nSPS) is 17.7. The van der Waals surface area contributed by atoms with E-state index in [4.69, 9.17) is 11.6 Å². The summed E-state index contributed by atoms with van der Waals surface area (Å²) < 4.78 is 15.7. The molecule has 5 nitrogen and oxygen atoms in total. The van der Waals surface area contributed by atoms with Crippen LogP contribution < -0.4 is 5.32 Å². The van der Waals surface area contributed by atoms with Crippen LogP contribution in [0, 0.1) is 11.7 Å². The molecule has 30 heavy (non-hydrogen) atoms. The van der Waals surface area contributed by atoms with E-state index in [9.17, 15) is 9.18 Å². The standard InChI is InChI=1S/C23H22ClFN4O/c24-18-9-7-16(11-19(18)25)23-27-21(29(28-23)13-14-5-6-14)12-22(30)26-20-10-8-15-3-1-2-4-17(15)20/h1-4,7,9,11,14,20H,5-6,8,10,12-13H2,(H,26,30).